The minimum absolute atomic E-state index is 0.0366. The molecule has 6 rings (SSSR count). The number of hydrogen-bond donors (Lipinski definition) is 4. The van der Waals surface area contributed by atoms with Crippen molar-refractivity contribution < 1.29 is 18.9 Å². The normalized spacial score (nSPS) is 22.2. The summed E-state index contributed by atoms with van der Waals surface area (Å²) >= 11 is 0. The topological polar surface area (TPSA) is 201 Å². The second-order valence-corrected chi connectivity index (χ2v) is 11.5. The summed E-state index contributed by atoms with van der Waals surface area (Å²) in [6.07, 6.45) is 3.02. The number of fused-ring (bicyclic) bond motifs is 3. The summed E-state index contributed by atoms with van der Waals surface area (Å²) in [6.45, 7) is 1.97. The zero-order valence-corrected chi connectivity index (χ0v) is 23.1. The van der Waals surface area contributed by atoms with E-state index in [2.05, 4.69) is 21.5 Å². The average Bonchev–Trinajstić information content (AvgIpc) is 3.46. The van der Waals surface area contributed by atoms with Gasteiger partial charge in [0, 0.05) is 23.2 Å². The molecule has 1 aliphatic heterocycles. The van der Waals surface area contributed by atoms with Crippen molar-refractivity contribution in [2.45, 2.75) is 62.6 Å². The number of amides is 3. The summed E-state index contributed by atoms with van der Waals surface area (Å²) in [7, 11) is 0. The number of H-pyrrole nitrogens is 1. The van der Waals surface area contributed by atoms with Gasteiger partial charge in [-0.25, -0.2) is 9.95 Å². The number of likely N-dealkylation sites (tertiary alicyclic amines) is 1. The molecule has 2 fully saturated rings. The lowest BCUT2D eigenvalue weighted by molar-refractivity contribution is -0.131. The molecule has 0 spiro atoms. The third-order valence-corrected chi connectivity index (χ3v) is 8.96. The van der Waals surface area contributed by atoms with Gasteiger partial charge in [-0.05, 0) is 91.5 Å². The number of nitrogens with two attached hydrogens (primary N) is 2. The lowest BCUT2D eigenvalue weighted by atomic mass is 9.67. The lowest BCUT2D eigenvalue weighted by Gasteiger charge is -2.37. The summed E-state index contributed by atoms with van der Waals surface area (Å²) in [5.41, 5.74) is 14.0. The number of primary amides is 2. The average molecular weight is 570 g/mol. The molecule has 2 heterocycles. The molecule has 12 heteroatoms. The van der Waals surface area contributed by atoms with Gasteiger partial charge in [-0.3, -0.25) is 14.4 Å². The standard InChI is InChI=1S/C30H31N7O5/c1-15(34-14-25(38)37-21(13-31)10-20-11-24(20)37)12-30(28-35-29(41)42-36-28)22-6-4-18(26(32)39)8-16(22)2-3-17-9-19(27(33)40)5-7-23(17)30/h4-9,15,20-21,24,34H,2-3,10-12,14H2,1H3,(H2,32,39)(H2,33,40)(H,35,36,41)/t15-,20-,21?,24+/m1/s1. The van der Waals surface area contributed by atoms with Crippen LogP contribution in [0.5, 0.6) is 0 Å². The van der Waals surface area contributed by atoms with Crippen molar-refractivity contribution in [1.29, 1.82) is 5.26 Å². The fourth-order valence-corrected chi connectivity index (χ4v) is 6.95. The summed E-state index contributed by atoms with van der Waals surface area (Å²) in [6, 6.07) is 12.1. The molecule has 2 aliphatic carbocycles. The Morgan fingerprint density at radius 1 is 1.12 bits per heavy atom. The Labute approximate surface area is 241 Å². The van der Waals surface area contributed by atoms with Crippen LogP contribution in [0.4, 0.5) is 0 Å². The molecule has 42 heavy (non-hydrogen) atoms. The first-order chi connectivity index (χ1) is 20.1. The molecule has 1 aromatic heterocycles. The molecule has 3 aromatic rings. The molecule has 12 nitrogen and oxygen atoms in total. The molecular formula is C30H31N7O5. The number of aryl methyl sites for hydroxylation is 2. The Balaban J connectivity index is 1.43. The van der Waals surface area contributed by atoms with E-state index in [0.29, 0.717) is 36.3 Å². The number of nitrogens with zero attached hydrogens (tertiary/aromatic N) is 3. The van der Waals surface area contributed by atoms with Crippen LogP contribution in [-0.4, -0.2) is 57.4 Å². The molecule has 1 unspecified atom stereocenters. The summed E-state index contributed by atoms with van der Waals surface area (Å²) in [5.74, 6) is -1.40. The molecule has 216 valence electrons. The van der Waals surface area contributed by atoms with Gasteiger partial charge in [0.2, 0.25) is 17.7 Å². The molecule has 1 saturated carbocycles. The molecule has 2 aromatic carbocycles. The van der Waals surface area contributed by atoms with Gasteiger partial charge in [-0.1, -0.05) is 12.1 Å². The highest BCUT2D eigenvalue weighted by atomic mass is 16.5. The van der Waals surface area contributed by atoms with E-state index in [0.717, 1.165) is 35.1 Å². The number of nitrogens with one attached hydrogen (secondary N) is 2. The zero-order chi connectivity index (χ0) is 29.8. The maximum absolute atomic E-state index is 13.2. The predicted octanol–water partition coefficient (Wildman–Crippen LogP) is 0.875. The first-order valence-corrected chi connectivity index (χ1v) is 14.0. The largest absolute Gasteiger partial charge is 0.459 e. The molecule has 0 bridgehead atoms. The number of aromatic amines is 1. The molecule has 6 N–H and O–H groups in total. The van der Waals surface area contributed by atoms with E-state index in [1.165, 1.54) is 0 Å². The van der Waals surface area contributed by atoms with Gasteiger partial charge in [-0.15, -0.1) is 0 Å². The van der Waals surface area contributed by atoms with Gasteiger partial charge in [0.25, 0.3) is 0 Å². The molecular weight excluding hydrogens is 538 g/mol. The van der Waals surface area contributed by atoms with Crippen molar-refractivity contribution in [2.24, 2.45) is 17.4 Å². The Morgan fingerprint density at radius 3 is 2.26 bits per heavy atom. The van der Waals surface area contributed by atoms with Gasteiger partial charge < -0.3 is 26.2 Å². The van der Waals surface area contributed by atoms with Gasteiger partial charge in [0.1, 0.15) is 6.04 Å². The van der Waals surface area contributed by atoms with Crippen LogP contribution in [0.1, 0.15) is 75.0 Å². The number of rotatable bonds is 8. The Hall–Kier alpha value is -4.76. The monoisotopic (exact) mass is 569 g/mol. The molecule has 3 amide bonds. The van der Waals surface area contributed by atoms with Crippen LogP contribution in [0, 0.1) is 17.2 Å². The van der Waals surface area contributed by atoms with Crippen LogP contribution in [0.15, 0.2) is 45.7 Å². The first kappa shape index (κ1) is 27.4. The third kappa shape index (κ3) is 4.55. The number of hydrogen-bond acceptors (Lipinski definition) is 8. The Kier molecular flexibility index (Phi) is 6.69. The van der Waals surface area contributed by atoms with Crippen molar-refractivity contribution >= 4 is 17.7 Å². The Bertz CT molecular complexity index is 1640. The van der Waals surface area contributed by atoms with Gasteiger partial charge in [-0.2, -0.15) is 10.2 Å². The van der Waals surface area contributed by atoms with Crippen molar-refractivity contribution in [1.82, 2.24) is 20.4 Å². The zero-order valence-electron chi connectivity index (χ0n) is 23.1. The number of carbonyl (C=O) groups excluding carboxylic acids is 3. The summed E-state index contributed by atoms with van der Waals surface area (Å²) in [4.78, 5) is 55.6. The van der Waals surface area contributed by atoms with E-state index in [1.54, 1.807) is 29.2 Å². The van der Waals surface area contributed by atoms with Crippen molar-refractivity contribution in [3.05, 3.63) is 86.2 Å². The minimum atomic E-state index is -1.10. The number of carbonyl (C=O) groups is 3. The molecule has 0 radical (unpaired) electrons. The second kappa shape index (κ2) is 10.3. The quantitative estimate of drug-likeness (QED) is 0.306. The van der Waals surface area contributed by atoms with Gasteiger partial charge in [0.05, 0.1) is 18.0 Å². The summed E-state index contributed by atoms with van der Waals surface area (Å²) < 4.78 is 5.07. The second-order valence-electron chi connectivity index (χ2n) is 11.5. The highest BCUT2D eigenvalue weighted by molar-refractivity contribution is 5.94. The van der Waals surface area contributed by atoms with Crippen molar-refractivity contribution in [3.8, 4) is 6.07 Å². The van der Waals surface area contributed by atoms with Crippen molar-refractivity contribution in [3.63, 3.8) is 0 Å². The van der Waals surface area contributed by atoms with Crippen LogP contribution >= 0.6 is 0 Å². The number of aromatic nitrogens is 2. The van der Waals surface area contributed by atoms with Crippen LogP contribution in [-0.2, 0) is 23.1 Å². The predicted molar refractivity (Wildman–Crippen MR) is 149 cm³/mol. The van der Waals surface area contributed by atoms with E-state index in [-0.39, 0.29) is 30.4 Å². The van der Waals surface area contributed by atoms with E-state index in [9.17, 15) is 24.4 Å². The fourth-order valence-electron chi connectivity index (χ4n) is 6.95. The summed E-state index contributed by atoms with van der Waals surface area (Å²) in [5, 5.41) is 15.6. The van der Waals surface area contributed by atoms with Gasteiger partial charge in [0.15, 0.2) is 5.82 Å². The number of piperidine rings is 1. The van der Waals surface area contributed by atoms with E-state index in [1.807, 2.05) is 19.1 Å². The third-order valence-electron chi connectivity index (χ3n) is 8.96. The van der Waals surface area contributed by atoms with E-state index in [4.69, 9.17) is 16.0 Å². The smallest absolute Gasteiger partial charge is 0.366 e. The van der Waals surface area contributed by atoms with Crippen LogP contribution in [0.2, 0.25) is 0 Å². The molecule has 3 aliphatic rings. The first-order valence-electron chi connectivity index (χ1n) is 14.0. The Morgan fingerprint density at radius 2 is 1.74 bits per heavy atom. The minimum Gasteiger partial charge on any atom is -0.366 e. The SMILES string of the molecule is C[C@H](CC1(c2nc(=O)o[nH]2)c2ccc(C(N)=O)cc2CCc2cc(C(N)=O)ccc21)NCC(=O)N1C(C#N)C[C@@H]2C[C@@H]21. The van der Waals surface area contributed by atoms with Crippen LogP contribution < -0.4 is 22.5 Å². The van der Waals surface area contributed by atoms with Gasteiger partial charge >= 0.3 is 5.76 Å². The fraction of sp³-hybridized carbons (Fsp3) is 0.400. The van der Waals surface area contributed by atoms with Crippen LogP contribution in [0.3, 0.4) is 0 Å². The van der Waals surface area contributed by atoms with Crippen LogP contribution in [0.25, 0.3) is 0 Å². The molecule has 4 atom stereocenters. The highest BCUT2D eigenvalue weighted by Crippen LogP contribution is 2.48. The van der Waals surface area contributed by atoms with E-state index < -0.39 is 29.0 Å². The maximum Gasteiger partial charge on any atom is 0.459 e. The molecule has 1 saturated heterocycles. The maximum atomic E-state index is 13.2. The lowest BCUT2D eigenvalue weighted by Crippen LogP contribution is -2.46. The highest BCUT2D eigenvalue weighted by Gasteiger charge is 2.54. The number of nitriles is 1. The van der Waals surface area contributed by atoms with Crippen molar-refractivity contribution in [2.75, 3.05) is 6.54 Å². The van der Waals surface area contributed by atoms with E-state index >= 15 is 0 Å². The number of benzene rings is 2.